The predicted molar refractivity (Wildman–Crippen MR) is 437 cm³/mol. The van der Waals surface area contributed by atoms with Crippen molar-refractivity contribution in [1.29, 1.82) is 0 Å². The third kappa shape index (κ3) is 78.7. The lowest BCUT2D eigenvalue weighted by molar-refractivity contribution is -0.161. The smallest absolute Gasteiger partial charge is 0.462 e. The average Bonchev–Trinajstić information content (AvgIpc) is 0.906. The Morgan fingerprint density at radius 3 is 0.670 bits per heavy atom. The molecular formula is C87H170O17P2. The first-order valence-electron chi connectivity index (χ1n) is 45.2. The van der Waals surface area contributed by atoms with Crippen LogP contribution in [0.15, 0.2) is 0 Å². The third-order valence-corrected chi connectivity index (χ3v) is 22.8. The van der Waals surface area contributed by atoms with Gasteiger partial charge < -0.3 is 33.8 Å². The van der Waals surface area contributed by atoms with Crippen molar-refractivity contribution in [3.05, 3.63) is 0 Å². The van der Waals surface area contributed by atoms with E-state index in [4.69, 9.17) is 37.0 Å². The van der Waals surface area contributed by atoms with Crippen LogP contribution in [0, 0.1) is 5.92 Å². The Morgan fingerprint density at radius 2 is 0.453 bits per heavy atom. The Labute approximate surface area is 651 Å². The van der Waals surface area contributed by atoms with E-state index in [1.165, 1.54) is 295 Å². The summed E-state index contributed by atoms with van der Waals surface area (Å²) < 4.78 is 68.8. The first kappa shape index (κ1) is 104. The zero-order valence-electron chi connectivity index (χ0n) is 69.6. The number of aliphatic hydroxyl groups is 1. The van der Waals surface area contributed by atoms with Gasteiger partial charge in [-0.3, -0.25) is 37.3 Å². The van der Waals surface area contributed by atoms with E-state index in [-0.39, 0.29) is 25.7 Å². The number of rotatable bonds is 87. The van der Waals surface area contributed by atoms with Crippen molar-refractivity contribution in [2.45, 2.75) is 490 Å². The van der Waals surface area contributed by atoms with Gasteiger partial charge in [0.25, 0.3) is 0 Å². The molecular weight excluding hydrogens is 1380 g/mol. The molecule has 6 atom stereocenters. The number of phosphoric ester groups is 2. The van der Waals surface area contributed by atoms with Crippen LogP contribution in [0.4, 0.5) is 0 Å². The summed E-state index contributed by atoms with van der Waals surface area (Å²) in [5.74, 6) is -1.33. The van der Waals surface area contributed by atoms with Crippen LogP contribution in [0.3, 0.4) is 0 Å². The topological polar surface area (TPSA) is 237 Å². The second-order valence-electron chi connectivity index (χ2n) is 31.5. The minimum atomic E-state index is -4.97. The number of esters is 4. The van der Waals surface area contributed by atoms with Crippen molar-refractivity contribution in [3.63, 3.8) is 0 Å². The van der Waals surface area contributed by atoms with E-state index in [1.54, 1.807) is 0 Å². The van der Waals surface area contributed by atoms with Crippen LogP contribution >= 0.6 is 15.6 Å². The van der Waals surface area contributed by atoms with Crippen molar-refractivity contribution >= 4 is 39.5 Å². The highest BCUT2D eigenvalue weighted by atomic mass is 31.2. The van der Waals surface area contributed by atoms with Crippen LogP contribution in [-0.2, 0) is 65.4 Å². The van der Waals surface area contributed by atoms with Crippen molar-refractivity contribution in [2.24, 2.45) is 5.92 Å². The van der Waals surface area contributed by atoms with Gasteiger partial charge in [-0.1, -0.05) is 420 Å². The molecule has 3 unspecified atom stereocenters. The zero-order chi connectivity index (χ0) is 77.6. The van der Waals surface area contributed by atoms with E-state index >= 15 is 0 Å². The first-order chi connectivity index (χ1) is 51.6. The van der Waals surface area contributed by atoms with Gasteiger partial charge in [0.1, 0.15) is 19.3 Å². The molecule has 0 heterocycles. The summed E-state index contributed by atoms with van der Waals surface area (Å²) >= 11 is 0. The van der Waals surface area contributed by atoms with Crippen LogP contribution in [0.1, 0.15) is 471 Å². The van der Waals surface area contributed by atoms with E-state index < -0.39 is 97.5 Å². The van der Waals surface area contributed by atoms with Gasteiger partial charge in [-0.15, -0.1) is 0 Å². The number of carbonyl (C=O) groups is 4. The SMILES string of the molecule is CCCCCCCCCCCCCCCCCCCCCCCCC(=O)OC[C@H](COP(=O)(O)OC[C@@H](O)COP(=O)(O)OC[C@@H](COC(=O)CCCCCCCCCCCC)OC(=O)CCCCCCCCCCC(C)CC)OC(=O)CCCCCCCCCCCCCCCCCCCCCCCC. The summed E-state index contributed by atoms with van der Waals surface area (Å²) in [4.78, 5) is 73.2. The lowest BCUT2D eigenvalue weighted by atomic mass is 9.99. The van der Waals surface area contributed by atoms with Crippen LogP contribution < -0.4 is 0 Å². The molecule has 0 radical (unpaired) electrons. The molecule has 0 aliphatic rings. The Kier molecular flexibility index (Phi) is 78.2. The number of ether oxygens (including phenoxy) is 4. The average molecular weight is 1550 g/mol. The molecule has 0 bridgehead atoms. The molecule has 106 heavy (non-hydrogen) atoms. The molecule has 17 nitrogen and oxygen atoms in total. The maximum absolute atomic E-state index is 13.2. The highest BCUT2D eigenvalue weighted by Crippen LogP contribution is 2.45. The van der Waals surface area contributed by atoms with Gasteiger partial charge in [0.15, 0.2) is 12.2 Å². The fraction of sp³-hybridized carbons (Fsp3) is 0.954. The summed E-state index contributed by atoms with van der Waals surface area (Å²) in [6.07, 6.45) is 73.9. The van der Waals surface area contributed by atoms with E-state index in [9.17, 15) is 43.2 Å². The lowest BCUT2D eigenvalue weighted by Gasteiger charge is -2.21. The fourth-order valence-corrected chi connectivity index (χ4v) is 15.2. The largest absolute Gasteiger partial charge is 0.472 e. The Hall–Kier alpha value is -1.94. The summed E-state index contributed by atoms with van der Waals surface area (Å²) in [6, 6.07) is 0. The molecule has 0 saturated carbocycles. The van der Waals surface area contributed by atoms with Gasteiger partial charge in [0.2, 0.25) is 0 Å². The molecule has 0 aliphatic carbocycles. The maximum Gasteiger partial charge on any atom is 0.472 e. The Bertz CT molecular complexity index is 2020. The standard InChI is InChI=1S/C87H170O17P2/c1-6-10-13-16-19-22-25-27-29-31-33-35-37-39-41-43-45-47-50-56-61-66-71-85(90)98-76-82(103-86(91)72-67-62-57-51-48-46-44-42-40-38-36-34-32-30-28-26-23-20-17-14-11-7-2)78-101-105(93,94)99-74-81(88)75-100-106(95,96)102-79-83(77-97-84(89)70-65-60-55-49-24-21-18-15-12-8-3)104-87(92)73-68-63-58-53-52-54-59-64-69-80(5)9-4/h80-83,88H,6-79H2,1-5H3,(H,93,94)(H,95,96)/t80?,81-,82-,83-/m1/s1. The number of aliphatic hydroxyl groups excluding tert-OH is 1. The zero-order valence-corrected chi connectivity index (χ0v) is 71.4. The van der Waals surface area contributed by atoms with Crippen molar-refractivity contribution < 1.29 is 80.2 Å². The van der Waals surface area contributed by atoms with Crippen molar-refractivity contribution in [1.82, 2.24) is 0 Å². The van der Waals surface area contributed by atoms with Crippen LogP contribution in [0.2, 0.25) is 0 Å². The van der Waals surface area contributed by atoms with Crippen LogP contribution in [-0.4, -0.2) is 96.7 Å². The van der Waals surface area contributed by atoms with E-state index in [0.29, 0.717) is 25.7 Å². The maximum atomic E-state index is 13.2. The van der Waals surface area contributed by atoms with E-state index in [0.717, 1.165) is 95.8 Å². The molecule has 0 aromatic carbocycles. The molecule has 0 aromatic heterocycles. The quantitative estimate of drug-likeness (QED) is 0.0222. The molecule has 0 aliphatic heterocycles. The highest BCUT2D eigenvalue weighted by Gasteiger charge is 2.30. The summed E-state index contributed by atoms with van der Waals surface area (Å²) in [7, 11) is -9.92. The Morgan fingerprint density at radius 1 is 0.264 bits per heavy atom. The molecule has 0 rings (SSSR count). The fourth-order valence-electron chi connectivity index (χ4n) is 13.6. The van der Waals surface area contributed by atoms with Gasteiger partial charge in [-0.05, 0) is 31.6 Å². The summed E-state index contributed by atoms with van der Waals surface area (Å²) in [5.41, 5.74) is 0. The number of carbonyl (C=O) groups excluding carboxylic acids is 4. The number of unbranched alkanes of at least 4 members (excludes halogenated alkanes) is 58. The summed E-state index contributed by atoms with van der Waals surface area (Å²) in [6.45, 7) is 7.34. The van der Waals surface area contributed by atoms with Gasteiger partial charge in [0, 0.05) is 25.7 Å². The van der Waals surface area contributed by atoms with Gasteiger partial charge in [0.05, 0.1) is 26.4 Å². The number of hydrogen-bond donors (Lipinski definition) is 3. The predicted octanol–water partition coefficient (Wildman–Crippen LogP) is 26.8. The first-order valence-corrected chi connectivity index (χ1v) is 48.2. The molecule has 0 spiro atoms. The summed E-state index contributed by atoms with van der Waals surface area (Å²) in [5, 5.41) is 10.7. The second kappa shape index (κ2) is 79.7. The van der Waals surface area contributed by atoms with Crippen molar-refractivity contribution in [3.8, 4) is 0 Å². The number of hydrogen-bond acceptors (Lipinski definition) is 15. The van der Waals surface area contributed by atoms with Gasteiger partial charge in [-0.25, -0.2) is 9.13 Å². The number of phosphoric acid groups is 2. The van der Waals surface area contributed by atoms with Crippen LogP contribution in [0.25, 0.3) is 0 Å². The van der Waals surface area contributed by atoms with Gasteiger partial charge >= 0.3 is 39.5 Å². The van der Waals surface area contributed by atoms with Gasteiger partial charge in [-0.2, -0.15) is 0 Å². The normalized spacial score (nSPS) is 14.0. The van der Waals surface area contributed by atoms with Crippen molar-refractivity contribution in [2.75, 3.05) is 39.6 Å². The highest BCUT2D eigenvalue weighted by molar-refractivity contribution is 7.47. The molecule has 0 amide bonds. The molecule has 630 valence electrons. The van der Waals surface area contributed by atoms with E-state index in [1.807, 2.05) is 0 Å². The third-order valence-electron chi connectivity index (χ3n) is 20.9. The molecule has 0 aromatic rings. The monoisotopic (exact) mass is 1550 g/mol. The second-order valence-corrected chi connectivity index (χ2v) is 34.4. The Balaban J connectivity index is 5.18. The molecule has 0 fully saturated rings. The minimum absolute atomic E-state index is 0.106. The molecule has 3 N–H and O–H groups in total. The lowest BCUT2D eigenvalue weighted by Crippen LogP contribution is -2.30. The minimum Gasteiger partial charge on any atom is -0.462 e. The molecule has 0 saturated heterocycles. The molecule has 19 heteroatoms. The van der Waals surface area contributed by atoms with E-state index in [2.05, 4.69) is 34.6 Å². The van der Waals surface area contributed by atoms with Crippen LogP contribution in [0.5, 0.6) is 0 Å².